The van der Waals surface area contributed by atoms with E-state index in [0.29, 0.717) is 6.42 Å². The van der Waals surface area contributed by atoms with Gasteiger partial charge in [-0.1, -0.05) is 28.9 Å². The Morgan fingerprint density at radius 2 is 2.21 bits per heavy atom. The van der Waals surface area contributed by atoms with E-state index in [0.717, 1.165) is 28.8 Å². The summed E-state index contributed by atoms with van der Waals surface area (Å²) in [6.07, 6.45) is 3.35. The molecular formula is C14H19BrN4. The van der Waals surface area contributed by atoms with Gasteiger partial charge < -0.3 is 5.73 Å². The van der Waals surface area contributed by atoms with Crippen LogP contribution in [0.15, 0.2) is 29.0 Å². The fourth-order valence-electron chi connectivity index (χ4n) is 2.16. The van der Waals surface area contributed by atoms with Gasteiger partial charge in [0, 0.05) is 23.5 Å². The van der Waals surface area contributed by atoms with Crippen molar-refractivity contribution < 1.29 is 0 Å². The number of hydrogen-bond acceptors (Lipinski definition) is 3. The van der Waals surface area contributed by atoms with Crippen molar-refractivity contribution >= 4 is 15.9 Å². The van der Waals surface area contributed by atoms with Gasteiger partial charge in [0.2, 0.25) is 0 Å². The maximum atomic E-state index is 6.32. The smallest absolute Gasteiger partial charge is 0.138 e. The first-order chi connectivity index (χ1) is 9.11. The van der Waals surface area contributed by atoms with Crippen LogP contribution >= 0.6 is 15.9 Å². The first-order valence-electron chi connectivity index (χ1n) is 6.50. The lowest BCUT2D eigenvalue weighted by Crippen LogP contribution is -2.18. The molecule has 102 valence electrons. The van der Waals surface area contributed by atoms with Crippen LogP contribution in [0.5, 0.6) is 0 Å². The third kappa shape index (κ3) is 3.42. The zero-order chi connectivity index (χ0) is 13.8. The minimum absolute atomic E-state index is 0.0580. The van der Waals surface area contributed by atoms with Crippen molar-refractivity contribution in [2.75, 3.05) is 0 Å². The second-order valence-corrected chi connectivity index (χ2v) is 5.63. The van der Waals surface area contributed by atoms with Gasteiger partial charge in [-0.25, -0.2) is 4.98 Å². The van der Waals surface area contributed by atoms with Gasteiger partial charge in [0.25, 0.3) is 0 Å². The number of aromatic nitrogens is 3. The summed E-state index contributed by atoms with van der Waals surface area (Å²) in [5.74, 6) is 0.953. The van der Waals surface area contributed by atoms with Crippen LogP contribution in [0.1, 0.15) is 36.3 Å². The monoisotopic (exact) mass is 322 g/mol. The third-order valence-corrected chi connectivity index (χ3v) is 3.67. The molecule has 0 fully saturated rings. The van der Waals surface area contributed by atoms with E-state index in [9.17, 15) is 0 Å². The van der Waals surface area contributed by atoms with Crippen LogP contribution in [0.2, 0.25) is 0 Å². The molecule has 0 saturated carbocycles. The molecule has 0 saturated heterocycles. The Hall–Kier alpha value is -1.20. The van der Waals surface area contributed by atoms with Crippen LogP contribution in [0, 0.1) is 6.92 Å². The highest BCUT2D eigenvalue weighted by Gasteiger charge is 2.14. The Morgan fingerprint density at radius 3 is 2.95 bits per heavy atom. The predicted octanol–water partition coefficient (Wildman–Crippen LogP) is 3.00. The molecule has 1 aromatic heterocycles. The van der Waals surface area contributed by atoms with E-state index in [1.54, 1.807) is 6.33 Å². The summed E-state index contributed by atoms with van der Waals surface area (Å²) >= 11 is 3.49. The topological polar surface area (TPSA) is 56.7 Å². The molecular weight excluding hydrogens is 304 g/mol. The van der Waals surface area contributed by atoms with Crippen molar-refractivity contribution in [1.29, 1.82) is 0 Å². The summed E-state index contributed by atoms with van der Waals surface area (Å²) in [7, 11) is 0. The number of rotatable bonds is 5. The van der Waals surface area contributed by atoms with Crippen LogP contribution in [-0.4, -0.2) is 14.8 Å². The van der Waals surface area contributed by atoms with E-state index in [1.165, 1.54) is 5.56 Å². The molecule has 0 spiro atoms. The maximum absolute atomic E-state index is 6.32. The Bertz CT molecular complexity index is 550. The largest absolute Gasteiger partial charge is 0.324 e. The van der Waals surface area contributed by atoms with Crippen molar-refractivity contribution in [1.82, 2.24) is 14.8 Å². The van der Waals surface area contributed by atoms with Crippen LogP contribution in [-0.2, 0) is 13.0 Å². The summed E-state index contributed by atoms with van der Waals surface area (Å²) in [5.41, 5.74) is 8.68. The highest BCUT2D eigenvalue weighted by molar-refractivity contribution is 9.10. The molecule has 1 atom stereocenters. The Morgan fingerprint density at radius 1 is 1.42 bits per heavy atom. The maximum Gasteiger partial charge on any atom is 0.138 e. The van der Waals surface area contributed by atoms with Crippen molar-refractivity contribution in [2.24, 2.45) is 5.73 Å². The molecule has 2 N–H and O–H groups in total. The highest BCUT2D eigenvalue weighted by atomic mass is 79.9. The Kier molecular flexibility index (Phi) is 4.71. The number of nitrogens with zero attached hydrogens (tertiary/aromatic N) is 3. The van der Waals surface area contributed by atoms with E-state index < -0.39 is 0 Å². The Balaban J connectivity index is 2.18. The van der Waals surface area contributed by atoms with Crippen molar-refractivity contribution in [3.8, 4) is 0 Å². The summed E-state index contributed by atoms with van der Waals surface area (Å²) in [4.78, 5) is 4.31. The van der Waals surface area contributed by atoms with Gasteiger partial charge in [-0.15, -0.1) is 0 Å². The lowest BCUT2D eigenvalue weighted by Gasteiger charge is -2.15. The van der Waals surface area contributed by atoms with Crippen LogP contribution in [0.4, 0.5) is 0 Å². The first-order valence-corrected chi connectivity index (χ1v) is 7.29. The van der Waals surface area contributed by atoms with E-state index in [4.69, 9.17) is 5.73 Å². The molecule has 0 aliphatic heterocycles. The van der Waals surface area contributed by atoms with Crippen LogP contribution in [0.25, 0.3) is 0 Å². The summed E-state index contributed by atoms with van der Waals surface area (Å²) in [6, 6.07) is 6.14. The summed E-state index contributed by atoms with van der Waals surface area (Å²) in [6.45, 7) is 5.10. The van der Waals surface area contributed by atoms with Crippen molar-refractivity contribution in [3.05, 3.63) is 46.0 Å². The van der Waals surface area contributed by atoms with E-state index in [1.807, 2.05) is 10.7 Å². The van der Waals surface area contributed by atoms with Crippen molar-refractivity contribution in [2.45, 2.75) is 39.3 Å². The fraction of sp³-hybridized carbons (Fsp3) is 0.429. The van der Waals surface area contributed by atoms with Gasteiger partial charge in [-0.2, -0.15) is 5.10 Å². The number of hydrogen-bond donors (Lipinski definition) is 1. The molecule has 1 aromatic carbocycles. The molecule has 19 heavy (non-hydrogen) atoms. The number of halogens is 1. The minimum atomic E-state index is -0.0580. The lowest BCUT2D eigenvalue weighted by atomic mass is 9.99. The average Bonchev–Trinajstić information content (AvgIpc) is 2.80. The molecule has 0 bridgehead atoms. The highest BCUT2D eigenvalue weighted by Crippen LogP contribution is 2.23. The summed E-state index contributed by atoms with van der Waals surface area (Å²) in [5, 5.41) is 4.23. The zero-order valence-electron chi connectivity index (χ0n) is 11.3. The van der Waals surface area contributed by atoms with Gasteiger partial charge >= 0.3 is 0 Å². The van der Waals surface area contributed by atoms with Gasteiger partial charge in [0.05, 0.1) is 0 Å². The predicted molar refractivity (Wildman–Crippen MR) is 79.8 cm³/mol. The zero-order valence-corrected chi connectivity index (χ0v) is 12.9. The fourth-order valence-corrected chi connectivity index (χ4v) is 2.54. The number of aryl methyl sites for hydroxylation is 2. The third-order valence-electron chi connectivity index (χ3n) is 3.17. The van der Waals surface area contributed by atoms with E-state index >= 15 is 0 Å². The summed E-state index contributed by atoms with van der Waals surface area (Å²) < 4.78 is 2.99. The SMILES string of the molecule is CCCn1ncnc1CC(N)c1cc(Br)ccc1C. The van der Waals surface area contributed by atoms with Gasteiger partial charge in [-0.3, -0.25) is 4.68 Å². The molecule has 0 amide bonds. The van der Waals surface area contributed by atoms with Crippen LogP contribution in [0.3, 0.4) is 0 Å². The van der Waals surface area contributed by atoms with Crippen molar-refractivity contribution in [3.63, 3.8) is 0 Å². The normalized spacial score (nSPS) is 12.6. The van der Waals surface area contributed by atoms with Gasteiger partial charge in [0.1, 0.15) is 12.2 Å². The molecule has 5 heteroatoms. The second-order valence-electron chi connectivity index (χ2n) is 4.71. The quantitative estimate of drug-likeness (QED) is 0.920. The molecule has 1 unspecified atom stereocenters. The molecule has 2 rings (SSSR count). The molecule has 0 aliphatic carbocycles. The van der Waals surface area contributed by atoms with E-state index in [2.05, 4.69) is 52.0 Å². The minimum Gasteiger partial charge on any atom is -0.324 e. The molecule has 0 aliphatic rings. The molecule has 2 aromatic rings. The number of nitrogens with two attached hydrogens (primary N) is 1. The van der Waals surface area contributed by atoms with Gasteiger partial charge in [-0.05, 0) is 36.6 Å². The average molecular weight is 323 g/mol. The number of benzene rings is 1. The first kappa shape index (κ1) is 14.2. The molecule has 0 radical (unpaired) electrons. The molecule has 4 nitrogen and oxygen atoms in total. The van der Waals surface area contributed by atoms with Gasteiger partial charge in [0.15, 0.2) is 0 Å². The Labute approximate surface area is 122 Å². The second kappa shape index (κ2) is 6.30. The lowest BCUT2D eigenvalue weighted by molar-refractivity contribution is 0.547. The van der Waals surface area contributed by atoms with Crippen LogP contribution < -0.4 is 5.73 Å². The molecule has 1 heterocycles. The standard InChI is InChI=1S/C14H19BrN4/c1-3-6-19-14(17-9-18-19)8-13(16)12-7-11(15)5-4-10(12)2/h4-5,7,9,13H,3,6,8,16H2,1-2H3. The van der Waals surface area contributed by atoms with E-state index in [-0.39, 0.29) is 6.04 Å².